The minimum Gasteiger partial charge on any atom is -0.348 e. The SMILES string of the molecule is Cc1nn(-c2ccc(C(=O)NC3CCS(=O)(=O)C3)cc2)c(C)c1Cl. The quantitative estimate of drug-likeness (QED) is 0.900. The molecular weight excluding hydrogens is 350 g/mol. The van der Waals surface area contributed by atoms with Crippen LogP contribution in [-0.4, -0.2) is 41.7 Å². The lowest BCUT2D eigenvalue weighted by atomic mass is 10.1. The zero-order chi connectivity index (χ0) is 17.5. The lowest BCUT2D eigenvalue weighted by Gasteiger charge is -2.11. The maximum Gasteiger partial charge on any atom is 0.251 e. The fourth-order valence-electron chi connectivity index (χ4n) is 2.81. The molecule has 3 rings (SSSR count). The van der Waals surface area contributed by atoms with Gasteiger partial charge in [-0.1, -0.05) is 11.6 Å². The maximum atomic E-state index is 12.2. The Morgan fingerprint density at radius 1 is 1.29 bits per heavy atom. The van der Waals surface area contributed by atoms with Crippen LogP contribution < -0.4 is 5.32 Å². The summed E-state index contributed by atoms with van der Waals surface area (Å²) in [5.74, 6) is -0.119. The van der Waals surface area contributed by atoms with Crippen molar-refractivity contribution in [2.45, 2.75) is 26.3 Å². The number of sulfone groups is 1. The van der Waals surface area contributed by atoms with Crippen LogP contribution in [0, 0.1) is 13.8 Å². The third kappa shape index (κ3) is 3.32. The zero-order valence-electron chi connectivity index (χ0n) is 13.4. The van der Waals surface area contributed by atoms with Gasteiger partial charge in [0.1, 0.15) is 0 Å². The normalized spacial score (nSPS) is 19.4. The molecule has 1 N–H and O–H groups in total. The summed E-state index contributed by atoms with van der Waals surface area (Å²) in [5.41, 5.74) is 2.87. The highest BCUT2D eigenvalue weighted by atomic mass is 35.5. The zero-order valence-corrected chi connectivity index (χ0v) is 15.0. The molecule has 6 nitrogen and oxygen atoms in total. The number of rotatable bonds is 3. The Hall–Kier alpha value is -1.86. The van der Waals surface area contributed by atoms with Crippen molar-refractivity contribution in [3.8, 4) is 5.69 Å². The van der Waals surface area contributed by atoms with E-state index < -0.39 is 9.84 Å². The predicted molar refractivity (Wildman–Crippen MR) is 92.6 cm³/mol. The molecule has 1 aliphatic rings. The molecule has 1 aromatic heterocycles. The molecule has 1 amide bonds. The van der Waals surface area contributed by atoms with Gasteiger partial charge in [-0.3, -0.25) is 4.79 Å². The number of hydrogen-bond acceptors (Lipinski definition) is 4. The fourth-order valence-corrected chi connectivity index (χ4v) is 4.60. The molecule has 2 heterocycles. The first kappa shape index (κ1) is 17.0. The minimum atomic E-state index is -3.01. The summed E-state index contributed by atoms with van der Waals surface area (Å²) in [6.07, 6.45) is 0.469. The molecule has 1 unspecified atom stereocenters. The van der Waals surface area contributed by atoms with Gasteiger partial charge in [0.15, 0.2) is 9.84 Å². The van der Waals surface area contributed by atoms with Crippen molar-refractivity contribution in [3.05, 3.63) is 46.2 Å². The summed E-state index contributed by atoms with van der Waals surface area (Å²) >= 11 is 6.15. The van der Waals surface area contributed by atoms with Gasteiger partial charge in [0.25, 0.3) is 5.91 Å². The van der Waals surface area contributed by atoms with Crippen molar-refractivity contribution in [2.75, 3.05) is 11.5 Å². The Labute approximate surface area is 145 Å². The highest BCUT2D eigenvalue weighted by Crippen LogP contribution is 2.22. The Bertz CT molecular complexity index is 888. The average Bonchev–Trinajstić information content (AvgIpc) is 3.01. The highest BCUT2D eigenvalue weighted by Gasteiger charge is 2.29. The van der Waals surface area contributed by atoms with E-state index in [0.29, 0.717) is 17.0 Å². The van der Waals surface area contributed by atoms with Crippen molar-refractivity contribution in [1.29, 1.82) is 0 Å². The van der Waals surface area contributed by atoms with E-state index >= 15 is 0 Å². The van der Waals surface area contributed by atoms with Gasteiger partial charge in [0.05, 0.1) is 33.6 Å². The van der Waals surface area contributed by atoms with E-state index in [2.05, 4.69) is 10.4 Å². The highest BCUT2D eigenvalue weighted by molar-refractivity contribution is 7.91. The summed E-state index contributed by atoms with van der Waals surface area (Å²) in [6, 6.07) is 6.65. The van der Waals surface area contributed by atoms with Crippen molar-refractivity contribution >= 4 is 27.3 Å². The van der Waals surface area contributed by atoms with Gasteiger partial charge in [-0.05, 0) is 44.5 Å². The number of aromatic nitrogens is 2. The largest absolute Gasteiger partial charge is 0.348 e. The molecule has 2 aromatic rings. The number of halogens is 1. The molecule has 1 atom stereocenters. The van der Waals surface area contributed by atoms with Crippen LogP contribution in [0.2, 0.25) is 5.02 Å². The van der Waals surface area contributed by atoms with E-state index in [1.165, 1.54) is 0 Å². The van der Waals surface area contributed by atoms with Gasteiger partial charge >= 0.3 is 0 Å². The van der Waals surface area contributed by atoms with E-state index in [9.17, 15) is 13.2 Å². The van der Waals surface area contributed by atoms with E-state index in [-0.39, 0.29) is 23.5 Å². The Morgan fingerprint density at radius 2 is 1.96 bits per heavy atom. The lowest BCUT2D eigenvalue weighted by Crippen LogP contribution is -2.35. The van der Waals surface area contributed by atoms with Gasteiger partial charge in [-0.15, -0.1) is 0 Å². The third-order valence-corrected chi connectivity index (χ3v) is 6.46. The van der Waals surface area contributed by atoms with Crippen molar-refractivity contribution < 1.29 is 13.2 Å². The molecule has 24 heavy (non-hydrogen) atoms. The number of carbonyl (C=O) groups is 1. The van der Waals surface area contributed by atoms with Gasteiger partial charge in [-0.2, -0.15) is 5.10 Å². The molecule has 0 aliphatic carbocycles. The average molecular weight is 368 g/mol. The number of nitrogens with zero attached hydrogens (tertiary/aromatic N) is 2. The van der Waals surface area contributed by atoms with E-state index in [4.69, 9.17) is 11.6 Å². The number of amides is 1. The van der Waals surface area contributed by atoms with Crippen LogP contribution in [0.15, 0.2) is 24.3 Å². The standard InChI is InChI=1S/C16H18ClN3O3S/c1-10-15(17)11(2)20(19-10)14-5-3-12(4-6-14)16(21)18-13-7-8-24(22,23)9-13/h3-6,13H,7-9H2,1-2H3,(H,18,21). The van der Waals surface area contributed by atoms with Crippen LogP contribution in [0.1, 0.15) is 28.2 Å². The second kappa shape index (κ2) is 6.22. The molecule has 0 spiro atoms. The Kier molecular flexibility index (Phi) is 4.40. The van der Waals surface area contributed by atoms with Gasteiger partial charge < -0.3 is 5.32 Å². The first-order valence-corrected chi connectivity index (χ1v) is 9.80. The second-order valence-corrected chi connectivity index (χ2v) is 8.62. The summed E-state index contributed by atoms with van der Waals surface area (Å²) < 4.78 is 24.6. The predicted octanol–water partition coefficient (Wildman–Crippen LogP) is 2.06. The number of nitrogens with one attached hydrogen (secondary N) is 1. The molecule has 1 aliphatic heterocycles. The lowest BCUT2D eigenvalue weighted by molar-refractivity contribution is 0.0941. The minimum absolute atomic E-state index is 0.0150. The molecule has 0 bridgehead atoms. The number of aryl methyl sites for hydroxylation is 1. The van der Waals surface area contributed by atoms with Crippen molar-refractivity contribution in [1.82, 2.24) is 15.1 Å². The molecule has 0 saturated carbocycles. The number of hydrogen-bond donors (Lipinski definition) is 1. The van der Waals surface area contributed by atoms with Crippen LogP contribution in [0.4, 0.5) is 0 Å². The van der Waals surface area contributed by atoms with Gasteiger partial charge in [-0.25, -0.2) is 13.1 Å². The van der Waals surface area contributed by atoms with Crippen LogP contribution >= 0.6 is 11.6 Å². The smallest absolute Gasteiger partial charge is 0.251 e. The fraction of sp³-hybridized carbons (Fsp3) is 0.375. The summed E-state index contributed by atoms with van der Waals surface area (Å²) in [5, 5.41) is 7.77. The summed E-state index contributed by atoms with van der Waals surface area (Å²) in [4.78, 5) is 12.2. The molecular formula is C16H18ClN3O3S. The van der Waals surface area contributed by atoms with Crippen molar-refractivity contribution in [3.63, 3.8) is 0 Å². The summed E-state index contributed by atoms with van der Waals surface area (Å²) in [6.45, 7) is 3.72. The van der Waals surface area contributed by atoms with Crippen LogP contribution in [0.25, 0.3) is 5.69 Å². The molecule has 1 saturated heterocycles. The van der Waals surface area contributed by atoms with E-state index in [1.807, 2.05) is 13.8 Å². The second-order valence-electron chi connectivity index (χ2n) is 6.02. The first-order valence-electron chi connectivity index (χ1n) is 7.60. The van der Waals surface area contributed by atoms with E-state index in [1.54, 1.807) is 28.9 Å². The number of carbonyl (C=O) groups excluding carboxylic acids is 1. The topological polar surface area (TPSA) is 81.1 Å². The Balaban J connectivity index is 1.74. The Morgan fingerprint density at radius 3 is 2.46 bits per heavy atom. The molecule has 8 heteroatoms. The number of benzene rings is 1. The first-order chi connectivity index (χ1) is 11.3. The van der Waals surface area contributed by atoms with Crippen LogP contribution in [0.5, 0.6) is 0 Å². The molecule has 128 valence electrons. The molecule has 0 radical (unpaired) electrons. The van der Waals surface area contributed by atoms with Crippen LogP contribution in [-0.2, 0) is 9.84 Å². The maximum absolute atomic E-state index is 12.2. The third-order valence-electron chi connectivity index (χ3n) is 4.14. The molecule has 1 aromatic carbocycles. The van der Waals surface area contributed by atoms with E-state index in [0.717, 1.165) is 17.1 Å². The van der Waals surface area contributed by atoms with Gasteiger partial charge in [0.2, 0.25) is 0 Å². The van der Waals surface area contributed by atoms with Crippen LogP contribution in [0.3, 0.4) is 0 Å². The van der Waals surface area contributed by atoms with Gasteiger partial charge in [0, 0.05) is 11.6 Å². The van der Waals surface area contributed by atoms with Crippen molar-refractivity contribution in [2.24, 2.45) is 0 Å². The monoisotopic (exact) mass is 367 g/mol. The molecule has 1 fully saturated rings. The summed E-state index contributed by atoms with van der Waals surface area (Å²) in [7, 11) is -3.01.